The molecule has 30 heavy (non-hydrogen) atoms. The van der Waals surface area contributed by atoms with E-state index in [0.29, 0.717) is 12.8 Å². The Kier molecular flexibility index (Phi) is 4.94. The lowest BCUT2D eigenvalue weighted by Gasteiger charge is -2.39. The van der Waals surface area contributed by atoms with Gasteiger partial charge in [-0.3, -0.25) is 9.78 Å². The second-order valence-electron chi connectivity index (χ2n) is 11.0. The van der Waals surface area contributed by atoms with Crippen molar-refractivity contribution in [1.29, 1.82) is 0 Å². The van der Waals surface area contributed by atoms with Crippen LogP contribution >= 0.6 is 0 Å². The van der Waals surface area contributed by atoms with Gasteiger partial charge in [0.2, 0.25) is 5.91 Å². The molecular weight excluding hydrogens is 382 g/mol. The molecule has 5 heteroatoms. The normalized spacial score (nSPS) is 29.2. The van der Waals surface area contributed by atoms with Crippen molar-refractivity contribution in [2.45, 2.75) is 77.4 Å². The van der Waals surface area contributed by atoms with E-state index in [0.717, 1.165) is 29.3 Å². The highest BCUT2D eigenvalue weighted by atomic mass is 19.1. The first-order valence-electron chi connectivity index (χ1n) is 11.0. The fourth-order valence-corrected chi connectivity index (χ4v) is 5.59. The number of aromatic nitrogens is 1. The van der Waals surface area contributed by atoms with E-state index in [1.807, 2.05) is 26.8 Å². The van der Waals surface area contributed by atoms with E-state index in [4.69, 9.17) is 0 Å². The van der Waals surface area contributed by atoms with Crippen LogP contribution in [0.5, 0.6) is 0 Å². The third-order valence-electron chi connectivity index (χ3n) is 7.37. The smallest absolute Gasteiger partial charge is 0.229 e. The molecule has 4 atom stereocenters. The van der Waals surface area contributed by atoms with Gasteiger partial charge in [0.05, 0.1) is 10.9 Å². The maximum atomic E-state index is 16.2. The summed E-state index contributed by atoms with van der Waals surface area (Å²) in [6, 6.07) is 6.69. The second kappa shape index (κ2) is 7.00. The zero-order valence-electron chi connectivity index (χ0n) is 18.6. The van der Waals surface area contributed by atoms with Crippen molar-refractivity contribution in [3.63, 3.8) is 0 Å². The lowest BCUT2D eigenvalue weighted by Crippen LogP contribution is -2.54. The summed E-state index contributed by atoms with van der Waals surface area (Å²) in [7, 11) is 0. The molecule has 2 fully saturated rings. The topological polar surface area (TPSA) is 42.0 Å². The van der Waals surface area contributed by atoms with E-state index in [1.54, 1.807) is 32.2 Å². The van der Waals surface area contributed by atoms with Crippen LogP contribution < -0.4 is 5.32 Å². The standard InChI is InChI=1S/C25H32F2N2O/c1-23(2,3)29-22(30)24(4,5)25(27)13-16-10-15(11-17(16)14-25)19-8-9-28-21-7-6-18(26)12-20(19)21/h6-9,12,15-17H,10-11,13-14H2,1-5H3,(H,29,30)/t15?,16-,17+,25?. The number of rotatable bonds is 3. The van der Waals surface area contributed by atoms with E-state index in [-0.39, 0.29) is 35.0 Å². The van der Waals surface area contributed by atoms with Crippen molar-refractivity contribution in [3.8, 4) is 0 Å². The highest BCUT2D eigenvalue weighted by molar-refractivity contribution is 5.84. The molecule has 1 aromatic carbocycles. The second-order valence-corrected chi connectivity index (χ2v) is 11.0. The van der Waals surface area contributed by atoms with Crippen molar-refractivity contribution in [1.82, 2.24) is 10.3 Å². The number of hydrogen-bond donors (Lipinski definition) is 1. The third kappa shape index (κ3) is 3.61. The molecule has 2 saturated carbocycles. The predicted molar refractivity (Wildman–Crippen MR) is 115 cm³/mol. The van der Waals surface area contributed by atoms with Crippen molar-refractivity contribution >= 4 is 16.8 Å². The van der Waals surface area contributed by atoms with Gasteiger partial charge in [-0.2, -0.15) is 0 Å². The summed E-state index contributed by atoms with van der Waals surface area (Å²) in [5.74, 6) is 0.300. The first-order chi connectivity index (χ1) is 13.9. The summed E-state index contributed by atoms with van der Waals surface area (Å²) in [5.41, 5.74) is -1.06. The summed E-state index contributed by atoms with van der Waals surface area (Å²) >= 11 is 0. The third-order valence-corrected chi connectivity index (χ3v) is 7.37. The molecule has 1 amide bonds. The minimum absolute atomic E-state index is 0.218. The molecule has 3 nitrogen and oxygen atoms in total. The monoisotopic (exact) mass is 414 g/mol. The summed E-state index contributed by atoms with van der Waals surface area (Å²) in [4.78, 5) is 17.2. The first-order valence-corrected chi connectivity index (χ1v) is 11.0. The van der Waals surface area contributed by atoms with E-state index in [2.05, 4.69) is 10.3 Å². The number of carbonyl (C=O) groups is 1. The number of amides is 1. The van der Waals surface area contributed by atoms with Crippen LogP contribution in [0, 0.1) is 23.1 Å². The number of pyridine rings is 1. The molecule has 0 saturated heterocycles. The molecule has 0 bridgehead atoms. The summed E-state index contributed by atoms with van der Waals surface area (Å²) in [5, 5.41) is 3.83. The molecule has 0 spiro atoms. The Labute approximate surface area is 177 Å². The van der Waals surface area contributed by atoms with Crippen LogP contribution in [0.4, 0.5) is 8.78 Å². The van der Waals surface area contributed by atoms with E-state index < -0.39 is 11.1 Å². The molecule has 2 aromatic rings. The number of nitrogens with zero attached hydrogens (tertiary/aromatic N) is 1. The number of nitrogens with one attached hydrogen (secondary N) is 1. The van der Waals surface area contributed by atoms with Gasteiger partial charge in [-0.25, -0.2) is 8.78 Å². The molecular formula is C25H32F2N2O. The van der Waals surface area contributed by atoms with Gasteiger partial charge in [-0.05, 0) is 108 Å². The zero-order chi connectivity index (χ0) is 21.9. The van der Waals surface area contributed by atoms with Crippen molar-refractivity contribution < 1.29 is 13.6 Å². The number of benzene rings is 1. The van der Waals surface area contributed by atoms with Crippen molar-refractivity contribution in [2.75, 3.05) is 0 Å². The highest BCUT2D eigenvalue weighted by Gasteiger charge is 2.59. The van der Waals surface area contributed by atoms with E-state index in [1.165, 1.54) is 6.07 Å². The Morgan fingerprint density at radius 1 is 1.10 bits per heavy atom. The first kappa shape index (κ1) is 21.2. The molecule has 1 aromatic heterocycles. The maximum absolute atomic E-state index is 16.2. The minimum atomic E-state index is -1.50. The van der Waals surface area contributed by atoms with Gasteiger partial charge in [0.15, 0.2) is 0 Å². The Morgan fingerprint density at radius 3 is 2.33 bits per heavy atom. The minimum Gasteiger partial charge on any atom is -0.351 e. The molecule has 2 unspecified atom stereocenters. The maximum Gasteiger partial charge on any atom is 0.229 e. The number of halogens is 2. The van der Waals surface area contributed by atoms with Crippen LogP contribution in [0.2, 0.25) is 0 Å². The van der Waals surface area contributed by atoms with Crippen molar-refractivity contribution in [3.05, 3.63) is 41.8 Å². The van der Waals surface area contributed by atoms with Gasteiger partial charge in [-0.1, -0.05) is 0 Å². The van der Waals surface area contributed by atoms with Gasteiger partial charge < -0.3 is 5.32 Å². The van der Waals surface area contributed by atoms with Crippen molar-refractivity contribution in [2.24, 2.45) is 17.3 Å². The predicted octanol–water partition coefficient (Wildman–Crippen LogP) is 5.93. The van der Waals surface area contributed by atoms with Crippen LogP contribution in [0.1, 0.15) is 71.8 Å². The highest BCUT2D eigenvalue weighted by Crippen LogP contribution is 2.60. The summed E-state index contributed by atoms with van der Waals surface area (Å²) in [6.07, 6.45) is 4.36. The molecule has 4 rings (SSSR count). The Balaban J connectivity index is 1.53. The van der Waals surface area contributed by atoms with Crippen LogP contribution in [-0.4, -0.2) is 22.1 Å². The molecule has 2 aliphatic carbocycles. The van der Waals surface area contributed by atoms with Gasteiger partial charge in [-0.15, -0.1) is 0 Å². The molecule has 162 valence electrons. The number of alkyl halides is 1. The summed E-state index contributed by atoms with van der Waals surface area (Å²) in [6.45, 7) is 9.24. The quantitative estimate of drug-likeness (QED) is 0.677. The molecule has 0 aliphatic heterocycles. The largest absolute Gasteiger partial charge is 0.351 e. The average molecular weight is 415 g/mol. The number of carbonyl (C=O) groups excluding carboxylic acids is 1. The Bertz CT molecular complexity index is 965. The molecule has 0 radical (unpaired) electrons. The van der Waals surface area contributed by atoms with Gasteiger partial charge >= 0.3 is 0 Å². The van der Waals surface area contributed by atoms with E-state index >= 15 is 4.39 Å². The van der Waals surface area contributed by atoms with Gasteiger partial charge in [0, 0.05) is 17.1 Å². The number of fused-ring (bicyclic) bond motifs is 2. The van der Waals surface area contributed by atoms with E-state index in [9.17, 15) is 9.18 Å². The fraction of sp³-hybridized carbons (Fsp3) is 0.600. The van der Waals surface area contributed by atoms with Crippen LogP contribution in [0.25, 0.3) is 10.9 Å². The number of hydrogen-bond acceptors (Lipinski definition) is 2. The van der Waals surface area contributed by atoms with Crippen LogP contribution in [0.15, 0.2) is 30.5 Å². The lowest BCUT2D eigenvalue weighted by atomic mass is 9.72. The van der Waals surface area contributed by atoms with Crippen LogP contribution in [0.3, 0.4) is 0 Å². The average Bonchev–Trinajstić information content (AvgIpc) is 3.15. The summed E-state index contributed by atoms with van der Waals surface area (Å²) < 4.78 is 30.0. The van der Waals surface area contributed by atoms with Gasteiger partial charge in [0.1, 0.15) is 11.5 Å². The van der Waals surface area contributed by atoms with Gasteiger partial charge in [0.25, 0.3) is 0 Å². The molecule has 1 N–H and O–H groups in total. The Morgan fingerprint density at radius 2 is 1.73 bits per heavy atom. The lowest BCUT2D eigenvalue weighted by molar-refractivity contribution is -0.140. The Hall–Kier alpha value is -2.04. The molecule has 1 heterocycles. The van der Waals surface area contributed by atoms with Crippen LogP contribution in [-0.2, 0) is 4.79 Å². The molecule has 2 aliphatic rings. The fourth-order valence-electron chi connectivity index (χ4n) is 5.59. The zero-order valence-corrected chi connectivity index (χ0v) is 18.6. The SMILES string of the molecule is CC(C)(C)NC(=O)C(C)(C)C1(F)C[C@H]2CC(c3ccnc4ccc(F)cc34)C[C@H]2C1.